The Hall–Kier alpha value is -3.75. The summed E-state index contributed by atoms with van der Waals surface area (Å²) in [5.74, 6) is -0.385. The summed E-state index contributed by atoms with van der Waals surface area (Å²) in [4.78, 5) is 19.8. The van der Waals surface area contributed by atoms with E-state index in [-0.39, 0.29) is 23.8 Å². The van der Waals surface area contributed by atoms with Gasteiger partial charge in [-0.2, -0.15) is 15.1 Å². The maximum atomic E-state index is 12.3. The smallest absolute Gasteiger partial charge is 0.265 e. The van der Waals surface area contributed by atoms with Crippen LogP contribution in [0.2, 0.25) is 0 Å². The van der Waals surface area contributed by atoms with Crippen molar-refractivity contribution in [2.45, 2.75) is 31.0 Å². The zero-order valence-corrected chi connectivity index (χ0v) is 24.5. The second-order valence-corrected chi connectivity index (χ2v) is 15.0. The molecule has 0 aliphatic carbocycles. The molecular formula is C26H33N7O5S2. The fourth-order valence-corrected chi connectivity index (χ4v) is 8.45. The minimum absolute atomic E-state index is 0.0630. The van der Waals surface area contributed by atoms with E-state index in [2.05, 4.69) is 42.6 Å². The second kappa shape index (κ2) is 10.3. The van der Waals surface area contributed by atoms with Crippen molar-refractivity contribution in [2.24, 2.45) is 5.73 Å². The minimum atomic E-state index is -3.57. The molecule has 5 rings (SSSR count). The highest BCUT2D eigenvalue weighted by Gasteiger charge is 2.35. The van der Waals surface area contributed by atoms with E-state index in [0.29, 0.717) is 24.4 Å². The fourth-order valence-electron chi connectivity index (χ4n) is 5.08. The molecule has 40 heavy (non-hydrogen) atoms. The summed E-state index contributed by atoms with van der Waals surface area (Å²) in [6.07, 6.45) is 8.75. The maximum absolute atomic E-state index is 12.3. The molecular weight excluding hydrogens is 554 g/mol. The Morgan fingerprint density at radius 2 is 1.95 bits per heavy atom. The zero-order valence-electron chi connectivity index (χ0n) is 22.9. The average molecular weight is 588 g/mol. The van der Waals surface area contributed by atoms with Crippen LogP contribution in [0.25, 0.3) is 22.0 Å². The minimum Gasteiger partial charge on any atom is -0.480 e. The van der Waals surface area contributed by atoms with Gasteiger partial charge in [0.2, 0.25) is 15.9 Å². The molecule has 2 aliphatic heterocycles. The Bertz CT molecular complexity index is 1640. The summed E-state index contributed by atoms with van der Waals surface area (Å²) in [6.45, 7) is 5.50. The Morgan fingerprint density at radius 1 is 1.23 bits per heavy atom. The van der Waals surface area contributed by atoms with E-state index in [1.165, 1.54) is 7.11 Å². The molecule has 0 spiro atoms. The van der Waals surface area contributed by atoms with Crippen LogP contribution in [0.15, 0.2) is 57.8 Å². The van der Waals surface area contributed by atoms with E-state index in [4.69, 9.17) is 15.2 Å². The number of aromatic amines is 1. The Morgan fingerprint density at radius 3 is 2.60 bits per heavy atom. The lowest BCUT2D eigenvalue weighted by molar-refractivity contribution is -0.114. The molecule has 14 heteroatoms. The average Bonchev–Trinajstić information content (AvgIpc) is 3.47. The van der Waals surface area contributed by atoms with Crippen LogP contribution < -0.4 is 20.5 Å². The van der Waals surface area contributed by atoms with E-state index in [1.54, 1.807) is 18.5 Å². The summed E-state index contributed by atoms with van der Waals surface area (Å²) in [5, 5.41) is 14.3. The number of carbonyl (C=O) groups is 1. The molecule has 2 aliphatic rings. The highest BCUT2D eigenvalue weighted by atomic mass is 32.3. The molecule has 0 radical (unpaired) electrons. The van der Waals surface area contributed by atoms with E-state index >= 15 is 0 Å². The molecule has 3 aromatic rings. The van der Waals surface area contributed by atoms with E-state index in [1.807, 2.05) is 31.4 Å². The van der Waals surface area contributed by atoms with Crippen LogP contribution in [0.5, 0.6) is 5.88 Å². The van der Waals surface area contributed by atoms with Crippen molar-refractivity contribution >= 4 is 42.5 Å². The maximum Gasteiger partial charge on any atom is 0.265 e. The third-order valence-corrected chi connectivity index (χ3v) is 10.4. The number of nitrogens with two attached hydrogens (primary N) is 1. The number of H-pyrrole nitrogens is 1. The van der Waals surface area contributed by atoms with Gasteiger partial charge in [0, 0.05) is 41.3 Å². The number of pyridine rings is 1. The molecule has 0 bridgehead atoms. The van der Waals surface area contributed by atoms with Crippen molar-refractivity contribution in [1.29, 1.82) is 0 Å². The number of nitrogens with zero attached hydrogens (tertiary/aromatic N) is 3. The number of fused-ring (bicyclic) bond motifs is 1. The molecule has 0 saturated carbocycles. The lowest BCUT2D eigenvalue weighted by Crippen LogP contribution is -2.43. The number of amides is 1. The van der Waals surface area contributed by atoms with Gasteiger partial charge in [0.15, 0.2) is 0 Å². The van der Waals surface area contributed by atoms with Gasteiger partial charge < -0.3 is 25.4 Å². The standard InChI is InChI=1S/C26H33N7O5S2/c1-15-11-33(12-16(2)38-15)13-24-30-22(25(27)34)14-39(24,4)23-8-17(6-20-19(23)10-29-31-20)18-7-21(32-40(5,35)36)26(37-3)28-9-18/h6-10,13-16,30,32H,11-12H2,1-5H3,(H2,27,34)(H,29,31)/t15-,16?/m0/s1. The molecule has 4 heterocycles. The number of carbonyl (C=O) groups excluding carboxylic acids is 1. The number of nitrogens with one attached hydrogen (secondary N) is 3. The first-order chi connectivity index (χ1) is 18.9. The van der Waals surface area contributed by atoms with Gasteiger partial charge in [-0.15, -0.1) is 0 Å². The predicted octanol–water partition coefficient (Wildman–Crippen LogP) is 2.64. The normalized spacial score (nSPS) is 25.8. The number of hydrogen-bond donors (Lipinski definition) is 4. The number of aromatic nitrogens is 3. The topological polar surface area (TPSA) is 165 Å². The molecule has 1 saturated heterocycles. The third kappa shape index (κ3) is 5.46. The van der Waals surface area contributed by atoms with Gasteiger partial charge in [-0.25, -0.2) is 13.4 Å². The fraction of sp³-hybridized carbons (Fsp3) is 0.346. The molecule has 1 amide bonds. The highest BCUT2D eigenvalue weighted by Crippen LogP contribution is 2.65. The molecule has 1 fully saturated rings. The van der Waals surface area contributed by atoms with Crippen LogP contribution in [-0.2, 0) is 19.6 Å². The Labute approximate surface area is 234 Å². The Balaban J connectivity index is 1.66. The number of rotatable bonds is 7. The van der Waals surface area contributed by atoms with E-state index < -0.39 is 26.0 Å². The summed E-state index contributed by atoms with van der Waals surface area (Å²) in [6, 6.07) is 5.64. The van der Waals surface area contributed by atoms with Gasteiger partial charge >= 0.3 is 0 Å². The van der Waals surface area contributed by atoms with Gasteiger partial charge in [-0.3, -0.25) is 14.6 Å². The van der Waals surface area contributed by atoms with Crippen molar-refractivity contribution in [2.75, 3.05) is 37.4 Å². The summed E-state index contributed by atoms with van der Waals surface area (Å²) < 4.78 is 37.6. The molecule has 2 unspecified atom stereocenters. The van der Waals surface area contributed by atoms with Gasteiger partial charge in [0.1, 0.15) is 11.4 Å². The Kier molecular flexibility index (Phi) is 7.18. The number of benzene rings is 1. The number of sulfonamides is 1. The predicted molar refractivity (Wildman–Crippen MR) is 156 cm³/mol. The SMILES string of the molecule is COc1ncc(-c2cc(S3(C)C=C(C(N)=O)NC3=CN3CC(C)O[C@@H](C)C3)c3cn[nH]c3c2)cc1NS(C)(=O)=O. The second-order valence-electron chi connectivity index (χ2n) is 10.2. The first-order valence-electron chi connectivity index (χ1n) is 12.5. The van der Waals surface area contributed by atoms with Gasteiger partial charge in [-0.05, 0) is 49.3 Å². The van der Waals surface area contributed by atoms with Crippen LogP contribution in [0, 0.1) is 0 Å². The van der Waals surface area contributed by atoms with Gasteiger partial charge in [0.25, 0.3) is 5.91 Å². The number of primary amides is 1. The third-order valence-electron chi connectivity index (χ3n) is 6.73. The number of morpholine rings is 1. The summed E-state index contributed by atoms with van der Waals surface area (Å²) >= 11 is 0. The van der Waals surface area contributed by atoms with Crippen molar-refractivity contribution in [3.63, 3.8) is 0 Å². The number of ether oxygens (including phenoxy) is 2. The largest absolute Gasteiger partial charge is 0.480 e. The van der Waals surface area contributed by atoms with Crippen molar-refractivity contribution < 1.29 is 22.7 Å². The van der Waals surface area contributed by atoms with E-state index in [9.17, 15) is 13.2 Å². The molecule has 12 nitrogen and oxygen atoms in total. The van der Waals surface area contributed by atoms with Gasteiger partial charge in [0.05, 0.1) is 42.3 Å². The number of methoxy groups -OCH3 is 1. The first-order valence-corrected chi connectivity index (χ1v) is 16.5. The molecule has 1 aromatic carbocycles. The number of hydrogen-bond acceptors (Lipinski definition) is 9. The zero-order chi connectivity index (χ0) is 28.8. The lowest BCUT2D eigenvalue weighted by Gasteiger charge is -2.37. The molecule has 2 aromatic heterocycles. The van der Waals surface area contributed by atoms with Gasteiger partial charge in [-0.1, -0.05) is 0 Å². The van der Waals surface area contributed by atoms with Crippen molar-refractivity contribution in [3.8, 4) is 17.0 Å². The monoisotopic (exact) mass is 587 g/mol. The molecule has 5 N–H and O–H groups in total. The lowest BCUT2D eigenvalue weighted by atomic mass is 10.1. The van der Waals surface area contributed by atoms with Crippen molar-refractivity contribution in [3.05, 3.63) is 52.9 Å². The van der Waals surface area contributed by atoms with Crippen LogP contribution in [0.4, 0.5) is 5.69 Å². The number of anilines is 1. The van der Waals surface area contributed by atoms with Crippen LogP contribution in [0.3, 0.4) is 0 Å². The molecule has 214 valence electrons. The quantitative estimate of drug-likeness (QED) is 0.325. The van der Waals surface area contributed by atoms with Crippen molar-refractivity contribution in [1.82, 2.24) is 25.4 Å². The highest BCUT2D eigenvalue weighted by molar-refractivity contribution is 8.39. The summed E-state index contributed by atoms with van der Waals surface area (Å²) in [7, 11) is -4.09. The van der Waals surface area contributed by atoms with Crippen LogP contribution in [0.1, 0.15) is 13.8 Å². The van der Waals surface area contributed by atoms with Crippen LogP contribution >= 0.6 is 10.0 Å². The first kappa shape index (κ1) is 27.8. The van der Waals surface area contributed by atoms with Crippen LogP contribution in [-0.4, -0.2) is 79.3 Å². The van der Waals surface area contributed by atoms with E-state index in [0.717, 1.165) is 32.6 Å². The molecule has 3 atom stereocenters. The summed E-state index contributed by atoms with van der Waals surface area (Å²) in [5.41, 5.74) is 8.52.